The van der Waals surface area contributed by atoms with Crippen molar-refractivity contribution in [1.29, 1.82) is 0 Å². The average molecular weight is 311 g/mol. The van der Waals surface area contributed by atoms with E-state index in [0.717, 1.165) is 11.4 Å². The molecule has 2 N–H and O–H groups in total. The summed E-state index contributed by atoms with van der Waals surface area (Å²) in [6, 6.07) is 16.5. The van der Waals surface area contributed by atoms with Gasteiger partial charge in [0, 0.05) is 18.8 Å². The van der Waals surface area contributed by atoms with Gasteiger partial charge in [-0.15, -0.1) is 0 Å². The lowest BCUT2D eigenvalue weighted by Crippen LogP contribution is -2.37. The van der Waals surface area contributed by atoms with Crippen molar-refractivity contribution in [2.75, 3.05) is 25.0 Å². The van der Waals surface area contributed by atoms with E-state index in [-0.39, 0.29) is 18.5 Å². The normalized spacial score (nSPS) is 13.6. The van der Waals surface area contributed by atoms with Crippen molar-refractivity contribution in [1.82, 2.24) is 10.2 Å². The quantitative estimate of drug-likeness (QED) is 0.890. The third kappa shape index (κ3) is 3.79. The molecule has 0 aromatic heterocycles. The number of nitrogens with one attached hydrogen (secondary N) is 2. The minimum absolute atomic E-state index is 0.0757. The van der Waals surface area contributed by atoms with E-state index in [1.54, 1.807) is 0 Å². The third-order valence-electron chi connectivity index (χ3n) is 3.43. The molecule has 1 aliphatic rings. The zero-order valence-electron chi connectivity index (χ0n) is 12.5. The van der Waals surface area contributed by atoms with Gasteiger partial charge in [0.05, 0.1) is 6.54 Å². The number of imide groups is 1. The number of rotatable bonds is 5. The summed E-state index contributed by atoms with van der Waals surface area (Å²) in [6.07, 6.45) is 0. The summed E-state index contributed by atoms with van der Waals surface area (Å²) in [5.74, 6) is 1.24. The Morgan fingerprint density at radius 1 is 1.09 bits per heavy atom. The fourth-order valence-corrected chi connectivity index (χ4v) is 2.25. The summed E-state index contributed by atoms with van der Waals surface area (Å²) in [5, 5.41) is 5.61. The molecule has 1 heterocycles. The van der Waals surface area contributed by atoms with Crippen LogP contribution >= 0.6 is 0 Å². The Morgan fingerprint density at radius 2 is 1.78 bits per heavy atom. The van der Waals surface area contributed by atoms with Crippen molar-refractivity contribution >= 4 is 17.6 Å². The van der Waals surface area contributed by atoms with Gasteiger partial charge in [0.1, 0.15) is 11.5 Å². The molecule has 1 aliphatic heterocycles. The molecule has 6 heteroatoms. The number of para-hydroxylation sites is 1. The number of nitrogens with zero attached hydrogens (tertiary/aromatic N) is 1. The minimum Gasteiger partial charge on any atom is -0.457 e. The second kappa shape index (κ2) is 6.83. The summed E-state index contributed by atoms with van der Waals surface area (Å²) in [7, 11) is 0. The molecule has 0 bridgehead atoms. The fraction of sp³-hybridized carbons (Fsp3) is 0.176. The summed E-state index contributed by atoms with van der Waals surface area (Å²) >= 11 is 0. The Labute approximate surface area is 134 Å². The van der Waals surface area contributed by atoms with Crippen LogP contribution in [-0.2, 0) is 4.79 Å². The van der Waals surface area contributed by atoms with Crippen LogP contribution in [0.2, 0.25) is 0 Å². The first kappa shape index (κ1) is 14.9. The second-order valence-electron chi connectivity index (χ2n) is 5.07. The van der Waals surface area contributed by atoms with E-state index in [1.807, 2.05) is 54.6 Å². The van der Waals surface area contributed by atoms with Gasteiger partial charge in [-0.25, -0.2) is 4.79 Å². The molecule has 2 aromatic rings. The summed E-state index contributed by atoms with van der Waals surface area (Å²) in [5.41, 5.74) is 0.790. The maximum absolute atomic E-state index is 11.9. The van der Waals surface area contributed by atoms with Gasteiger partial charge in [-0.3, -0.25) is 9.69 Å². The Morgan fingerprint density at radius 3 is 2.43 bits per heavy atom. The molecule has 6 nitrogen and oxygen atoms in total. The summed E-state index contributed by atoms with van der Waals surface area (Å²) in [4.78, 5) is 24.5. The predicted octanol–water partition coefficient (Wildman–Crippen LogP) is 2.44. The van der Waals surface area contributed by atoms with Crippen LogP contribution in [0.3, 0.4) is 0 Å². The van der Waals surface area contributed by atoms with E-state index in [2.05, 4.69) is 10.6 Å². The number of carbonyl (C=O) groups is 2. The van der Waals surface area contributed by atoms with Gasteiger partial charge < -0.3 is 15.4 Å². The number of hydrogen-bond donors (Lipinski definition) is 2. The summed E-state index contributed by atoms with van der Waals surface area (Å²) < 4.78 is 5.70. The molecule has 1 fully saturated rings. The van der Waals surface area contributed by atoms with Gasteiger partial charge in [-0.05, 0) is 36.4 Å². The molecule has 3 rings (SSSR count). The zero-order chi connectivity index (χ0) is 16.1. The van der Waals surface area contributed by atoms with Crippen LogP contribution in [0.1, 0.15) is 0 Å². The molecule has 0 radical (unpaired) electrons. The predicted molar refractivity (Wildman–Crippen MR) is 86.6 cm³/mol. The van der Waals surface area contributed by atoms with E-state index in [1.165, 1.54) is 4.90 Å². The molecular formula is C17H17N3O3. The van der Waals surface area contributed by atoms with Crippen molar-refractivity contribution in [3.63, 3.8) is 0 Å². The first-order valence-electron chi connectivity index (χ1n) is 7.37. The van der Waals surface area contributed by atoms with Crippen molar-refractivity contribution in [2.45, 2.75) is 0 Å². The van der Waals surface area contributed by atoms with Gasteiger partial charge in [0.2, 0.25) is 5.91 Å². The van der Waals surface area contributed by atoms with Gasteiger partial charge in [0.15, 0.2) is 0 Å². The molecule has 2 aromatic carbocycles. The number of amides is 3. The largest absolute Gasteiger partial charge is 0.457 e. The molecule has 23 heavy (non-hydrogen) atoms. The number of ether oxygens (including phenoxy) is 1. The summed E-state index contributed by atoms with van der Waals surface area (Å²) in [6.45, 7) is 1.01. The van der Waals surface area contributed by atoms with E-state index in [4.69, 9.17) is 4.74 Å². The SMILES string of the molecule is O=C(CNc1ccc(Oc2ccccc2)cc1)N1CCNC1=O. The van der Waals surface area contributed by atoms with Crippen molar-refractivity contribution in [2.24, 2.45) is 0 Å². The van der Waals surface area contributed by atoms with E-state index in [0.29, 0.717) is 18.8 Å². The first-order valence-corrected chi connectivity index (χ1v) is 7.37. The average Bonchev–Trinajstić information content (AvgIpc) is 3.01. The Balaban J connectivity index is 1.53. The standard InChI is InChI=1S/C17H17N3O3/c21-16(20-11-10-18-17(20)22)12-19-13-6-8-15(9-7-13)23-14-4-2-1-3-5-14/h1-9,19H,10-12H2,(H,18,22). The zero-order valence-corrected chi connectivity index (χ0v) is 12.5. The highest BCUT2D eigenvalue weighted by Crippen LogP contribution is 2.22. The molecule has 1 saturated heterocycles. The molecule has 0 spiro atoms. The van der Waals surface area contributed by atoms with Crippen LogP contribution in [0.15, 0.2) is 54.6 Å². The second-order valence-corrected chi connectivity index (χ2v) is 5.07. The molecule has 0 unspecified atom stereocenters. The lowest BCUT2D eigenvalue weighted by Gasteiger charge is -2.13. The van der Waals surface area contributed by atoms with Crippen molar-refractivity contribution < 1.29 is 14.3 Å². The van der Waals surface area contributed by atoms with E-state index >= 15 is 0 Å². The number of hydrogen-bond acceptors (Lipinski definition) is 4. The monoisotopic (exact) mass is 311 g/mol. The highest BCUT2D eigenvalue weighted by molar-refractivity contribution is 5.97. The lowest BCUT2D eigenvalue weighted by atomic mass is 10.3. The third-order valence-corrected chi connectivity index (χ3v) is 3.43. The van der Waals surface area contributed by atoms with Crippen LogP contribution in [0.4, 0.5) is 10.5 Å². The van der Waals surface area contributed by atoms with Gasteiger partial charge in [-0.2, -0.15) is 0 Å². The first-order chi connectivity index (χ1) is 11.2. The van der Waals surface area contributed by atoms with E-state index in [9.17, 15) is 9.59 Å². The molecule has 118 valence electrons. The minimum atomic E-state index is -0.330. The lowest BCUT2D eigenvalue weighted by molar-refractivity contribution is -0.125. The van der Waals surface area contributed by atoms with E-state index < -0.39 is 0 Å². The molecule has 3 amide bonds. The number of urea groups is 1. The van der Waals surface area contributed by atoms with Crippen LogP contribution in [0, 0.1) is 0 Å². The smallest absolute Gasteiger partial charge is 0.324 e. The maximum atomic E-state index is 11.9. The number of benzene rings is 2. The van der Waals surface area contributed by atoms with Gasteiger partial charge in [0.25, 0.3) is 0 Å². The molecule has 0 atom stereocenters. The molecule has 0 aliphatic carbocycles. The van der Waals surface area contributed by atoms with Crippen molar-refractivity contribution in [3.05, 3.63) is 54.6 Å². The Bertz CT molecular complexity index is 686. The van der Waals surface area contributed by atoms with Crippen LogP contribution in [0.5, 0.6) is 11.5 Å². The number of anilines is 1. The van der Waals surface area contributed by atoms with Gasteiger partial charge in [-0.1, -0.05) is 18.2 Å². The maximum Gasteiger partial charge on any atom is 0.324 e. The molecular weight excluding hydrogens is 294 g/mol. The molecule has 0 saturated carbocycles. The van der Waals surface area contributed by atoms with Crippen LogP contribution < -0.4 is 15.4 Å². The van der Waals surface area contributed by atoms with Crippen LogP contribution in [0.25, 0.3) is 0 Å². The topological polar surface area (TPSA) is 70.7 Å². The Hall–Kier alpha value is -3.02. The highest BCUT2D eigenvalue weighted by Gasteiger charge is 2.25. The van der Waals surface area contributed by atoms with Crippen molar-refractivity contribution in [3.8, 4) is 11.5 Å². The van der Waals surface area contributed by atoms with Gasteiger partial charge >= 0.3 is 6.03 Å². The number of carbonyl (C=O) groups excluding carboxylic acids is 2. The Kier molecular flexibility index (Phi) is 4.42. The highest BCUT2D eigenvalue weighted by atomic mass is 16.5. The fourth-order valence-electron chi connectivity index (χ4n) is 2.25. The van der Waals surface area contributed by atoms with Crippen LogP contribution in [-0.4, -0.2) is 36.5 Å².